The molecular formula is C17H22N2O. The van der Waals surface area contributed by atoms with Crippen LogP contribution >= 0.6 is 0 Å². The van der Waals surface area contributed by atoms with E-state index in [2.05, 4.69) is 24.4 Å². The molecule has 2 aliphatic rings. The molecule has 3 atom stereocenters. The molecule has 106 valence electrons. The molecule has 1 saturated heterocycles. The molecule has 2 heterocycles. The summed E-state index contributed by atoms with van der Waals surface area (Å²) in [5, 5.41) is 3.80. The van der Waals surface area contributed by atoms with Crippen molar-refractivity contribution >= 4 is 11.1 Å². The van der Waals surface area contributed by atoms with Crippen LogP contribution in [0.4, 0.5) is 0 Å². The summed E-state index contributed by atoms with van der Waals surface area (Å²) in [7, 11) is 0. The van der Waals surface area contributed by atoms with E-state index in [1.54, 1.807) is 0 Å². The number of fused-ring (bicyclic) bond motifs is 2. The number of aromatic nitrogens is 1. The van der Waals surface area contributed by atoms with Crippen molar-refractivity contribution < 1.29 is 4.42 Å². The summed E-state index contributed by atoms with van der Waals surface area (Å²) in [6.07, 6.45) is 7.98. The molecule has 3 nitrogen and oxygen atoms in total. The highest BCUT2D eigenvalue weighted by Crippen LogP contribution is 2.37. The predicted molar refractivity (Wildman–Crippen MR) is 79.6 cm³/mol. The lowest BCUT2D eigenvalue weighted by Gasteiger charge is -2.39. The topological polar surface area (TPSA) is 38.1 Å². The van der Waals surface area contributed by atoms with Gasteiger partial charge in [-0.25, -0.2) is 4.98 Å². The number of benzene rings is 1. The van der Waals surface area contributed by atoms with Crippen molar-refractivity contribution in [1.82, 2.24) is 10.3 Å². The van der Waals surface area contributed by atoms with E-state index in [-0.39, 0.29) is 0 Å². The highest BCUT2D eigenvalue weighted by atomic mass is 16.3. The maximum absolute atomic E-state index is 6.04. The van der Waals surface area contributed by atoms with Gasteiger partial charge in [-0.1, -0.05) is 25.0 Å². The third-order valence-corrected chi connectivity index (χ3v) is 5.08. The molecule has 1 aliphatic carbocycles. The molecule has 4 rings (SSSR count). The van der Waals surface area contributed by atoms with Crippen molar-refractivity contribution in [3.05, 3.63) is 29.7 Å². The first-order valence-electron chi connectivity index (χ1n) is 7.93. The van der Waals surface area contributed by atoms with E-state index >= 15 is 0 Å². The second-order valence-corrected chi connectivity index (χ2v) is 6.42. The van der Waals surface area contributed by atoms with Crippen LogP contribution in [-0.4, -0.2) is 11.0 Å². The number of hydrogen-bond donors (Lipinski definition) is 1. The van der Waals surface area contributed by atoms with Gasteiger partial charge in [-0.15, -0.1) is 0 Å². The van der Waals surface area contributed by atoms with E-state index in [9.17, 15) is 0 Å². The Labute approximate surface area is 119 Å². The maximum Gasteiger partial charge on any atom is 0.212 e. The maximum atomic E-state index is 6.04. The van der Waals surface area contributed by atoms with E-state index in [1.165, 1.54) is 37.7 Å². The van der Waals surface area contributed by atoms with Crippen molar-refractivity contribution in [2.75, 3.05) is 0 Å². The van der Waals surface area contributed by atoms with Crippen LogP contribution in [-0.2, 0) is 0 Å². The number of hydrogen-bond acceptors (Lipinski definition) is 3. The minimum Gasteiger partial charge on any atom is -0.439 e. The van der Waals surface area contributed by atoms with Gasteiger partial charge < -0.3 is 9.73 Å². The Kier molecular flexibility index (Phi) is 3.03. The normalized spacial score (nSPS) is 30.4. The number of nitrogens with one attached hydrogen (secondary N) is 1. The number of nitrogens with zero attached hydrogens (tertiary/aromatic N) is 1. The molecule has 0 spiro atoms. The molecule has 2 aromatic rings. The zero-order chi connectivity index (χ0) is 13.5. The van der Waals surface area contributed by atoms with Gasteiger partial charge in [0.1, 0.15) is 5.52 Å². The van der Waals surface area contributed by atoms with Crippen LogP contribution in [0.1, 0.15) is 56.0 Å². The van der Waals surface area contributed by atoms with Gasteiger partial charge in [-0.2, -0.15) is 0 Å². The Hall–Kier alpha value is -1.35. The minimum absolute atomic E-state index is 0.307. The monoisotopic (exact) mass is 270 g/mol. The Morgan fingerprint density at radius 1 is 1.15 bits per heavy atom. The first kappa shape index (κ1) is 12.4. The zero-order valence-corrected chi connectivity index (χ0v) is 12.1. The smallest absolute Gasteiger partial charge is 0.212 e. The first-order valence-corrected chi connectivity index (χ1v) is 7.93. The van der Waals surface area contributed by atoms with Crippen molar-refractivity contribution in [1.29, 1.82) is 0 Å². The third-order valence-electron chi connectivity index (χ3n) is 5.08. The van der Waals surface area contributed by atoms with Crippen LogP contribution in [0.15, 0.2) is 22.6 Å². The quantitative estimate of drug-likeness (QED) is 0.847. The molecule has 3 heteroatoms. The Balaban J connectivity index is 1.61. The van der Waals surface area contributed by atoms with Crippen LogP contribution in [0.2, 0.25) is 0 Å². The van der Waals surface area contributed by atoms with E-state index in [4.69, 9.17) is 9.40 Å². The fraction of sp³-hybridized carbons (Fsp3) is 0.588. The highest BCUT2D eigenvalue weighted by Gasteiger charge is 2.34. The molecule has 2 fully saturated rings. The summed E-state index contributed by atoms with van der Waals surface area (Å²) in [5.41, 5.74) is 3.12. The lowest BCUT2D eigenvalue weighted by atomic mass is 9.78. The second kappa shape index (κ2) is 4.88. The molecule has 1 aromatic heterocycles. The Bertz CT molecular complexity index is 618. The summed E-state index contributed by atoms with van der Waals surface area (Å²) in [6, 6.07) is 7.17. The largest absolute Gasteiger partial charge is 0.439 e. The molecule has 1 aromatic carbocycles. The molecule has 1 N–H and O–H groups in total. The summed E-state index contributed by atoms with van der Waals surface area (Å²) >= 11 is 0. The van der Waals surface area contributed by atoms with E-state index in [0.29, 0.717) is 12.1 Å². The van der Waals surface area contributed by atoms with Crippen LogP contribution < -0.4 is 5.32 Å². The molecule has 0 radical (unpaired) electrons. The summed E-state index contributed by atoms with van der Waals surface area (Å²) in [4.78, 5) is 4.71. The van der Waals surface area contributed by atoms with E-state index < -0.39 is 0 Å². The van der Waals surface area contributed by atoms with Gasteiger partial charge in [0.2, 0.25) is 5.89 Å². The van der Waals surface area contributed by atoms with Gasteiger partial charge in [0, 0.05) is 6.04 Å². The van der Waals surface area contributed by atoms with E-state index in [0.717, 1.165) is 29.3 Å². The van der Waals surface area contributed by atoms with Gasteiger partial charge in [-0.3, -0.25) is 0 Å². The first-order chi connectivity index (χ1) is 9.81. The fourth-order valence-electron chi connectivity index (χ4n) is 3.94. The molecular weight excluding hydrogens is 248 g/mol. The van der Waals surface area contributed by atoms with Gasteiger partial charge in [0.15, 0.2) is 5.58 Å². The predicted octanol–water partition coefficient (Wildman–Crippen LogP) is 4.12. The standard InChI is InChI=1S/C17H22N2O/c1-11-5-4-8-14-16(11)20-17(19-14)15-10-9-12-6-2-3-7-13(12)18-15/h4-5,8,12-13,15,18H,2-3,6-7,9-10H2,1H3. The summed E-state index contributed by atoms with van der Waals surface area (Å²) in [6.45, 7) is 2.09. The summed E-state index contributed by atoms with van der Waals surface area (Å²) < 4.78 is 6.04. The average Bonchev–Trinajstić information content (AvgIpc) is 2.92. The lowest BCUT2D eigenvalue weighted by molar-refractivity contribution is 0.164. The van der Waals surface area contributed by atoms with Crippen LogP contribution in [0.5, 0.6) is 0 Å². The number of rotatable bonds is 1. The van der Waals surface area contributed by atoms with Crippen molar-refractivity contribution in [3.8, 4) is 0 Å². The van der Waals surface area contributed by atoms with Gasteiger partial charge in [0.05, 0.1) is 6.04 Å². The third kappa shape index (κ3) is 2.05. The molecule has 1 aliphatic heterocycles. The zero-order valence-electron chi connectivity index (χ0n) is 12.1. The molecule has 1 saturated carbocycles. The molecule has 0 amide bonds. The Morgan fingerprint density at radius 2 is 2.05 bits per heavy atom. The highest BCUT2D eigenvalue weighted by molar-refractivity contribution is 5.76. The number of oxazole rings is 1. The van der Waals surface area contributed by atoms with Crippen molar-refractivity contribution in [3.63, 3.8) is 0 Å². The van der Waals surface area contributed by atoms with Gasteiger partial charge in [-0.05, 0) is 50.2 Å². The molecule has 3 unspecified atom stereocenters. The molecule has 20 heavy (non-hydrogen) atoms. The average molecular weight is 270 g/mol. The minimum atomic E-state index is 0.307. The fourth-order valence-corrected chi connectivity index (χ4v) is 3.94. The number of para-hydroxylation sites is 1. The van der Waals surface area contributed by atoms with Crippen LogP contribution in [0.25, 0.3) is 11.1 Å². The summed E-state index contributed by atoms with van der Waals surface area (Å²) in [5.74, 6) is 1.77. The van der Waals surface area contributed by atoms with Crippen LogP contribution in [0, 0.1) is 12.8 Å². The molecule has 0 bridgehead atoms. The van der Waals surface area contributed by atoms with Gasteiger partial charge in [0.25, 0.3) is 0 Å². The number of piperidine rings is 1. The van der Waals surface area contributed by atoms with Crippen molar-refractivity contribution in [2.24, 2.45) is 5.92 Å². The van der Waals surface area contributed by atoms with Crippen molar-refractivity contribution in [2.45, 2.75) is 57.5 Å². The van der Waals surface area contributed by atoms with Crippen LogP contribution in [0.3, 0.4) is 0 Å². The SMILES string of the molecule is Cc1cccc2nc(C3CCC4CCCCC4N3)oc12. The Morgan fingerprint density at radius 3 is 2.95 bits per heavy atom. The lowest BCUT2D eigenvalue weighted by Crippen LogP contribution is -2.44. The van der Waals surface area contributed by atoms with E-state index in [1.807, 2.05) is 6.07 Å². The second-order valence-electron chi connectivity index (χ2n) is 6.42. The number of aryl methyl sites for hydroxylation is 1. The van der Waals surface area contributed by atoms with Gasteiger partial charge >= 0.3 is 0 Å².